The average molecular weight is 362 g/mol. The van der Waals surface area contributed by atoms with Crippen LogP contribution >= 0.6 is 0 Å². The van der Waals surface area contributed by atoms with Crippen LogP contribution < -0.4 is 0 Å². The molecular weight excluding hydrogens is 336 g/mol. The maximum Gasteiger partial charge on any atom is 0.335 e. The van der Waals surface area contributed by atoms with E-state index in [1.807, 2.05) is 0 Å². The van der Waals surface area contributed by atoms with Crippen molar-refractivity contribution in [1.29, 1.82) is 0 Å². The summed E-state index contributed by atoms with van der Waals surface area (Å²) in [5.41, 5.74) is 1.51. The first-order chi connectivity index (χ1) is 12.4. The third kappa shape index (κ3) is 3.23. The third-order valence-electron chi connectivity index (χ3n) is 6.13. The number of benzene rings is 1. The van der Waals surface area contributed by atoms with Gasteiger partial charge >= 0.3 is 11.9 Å². The number of hydrogen-bond donors (Lipinski definition) is 2. The minimum Gasteiger partial charge on any atom is -0.478 e. The molecule has 0 unspecified atom stereocenters. The van der Waals surface area contributed by atoms with Gasteiger partial charge in [-0.15, -0.1) is 0 Å². The molecule has 2 aliphatic heterocycles. The zero-order valence-electron chi connectivity index (χ0n) is 15.3. The van der Waals surface area contributed by atoms with Crippen LogP contribution in [0.25, 0.3) is 0 Å². The van der Waals surface area contributed by atoms with Gasteiger partial charge in [-0.05, 0) is 48.9 Å². The molecule has 2 aliphatic rings. The third-order valence-corrected chi connectivity index (χ3v) is 6.13. The van der Waals surface area contributed by atoms with E-state index in [1.54, 1.807) is 0 Å². The summed E-state index contributed by atoms with van der Waals surface area (Å²) in [4.78, 5) is 23.7. The Balaban J connectivity index is 2.11. The summed E-state index contributed by atoms with van der Waals surface area (Å²) in [5.74, 6) is -2.03. The van der Waals surface area contributed by atoms with Gasteiger partial charge in [-0.25, -0.2) is 9.59 Å². The molecule has 0 aromatic heterocycles. The highest BCUT2D eigenvalue weighted by molar-refractivity contribution is 5.95. The monoisotopic (exact) mass is 362 g/mol. The number of carboxylic acid groups (broad SMARTS) is 2. The van der Waals surface area contributed by atoms with Gasteiger partial charge in [0.1, 0.15) is 0 Å². The summed E-state index contributed by atoms with van der Waals surface area (Å²) >= 11 is 0. The second-order valence-electron chi connectivity index (χ2n) is 7.77. The molecule has 6 heteroatoms. The first-order valence-electron chi connectivity index (χ1n) is 9.12. The smallest absolute Gasteiger partial charge is 0.335 e. The van der Waals surface area contributed by atoms with Crippen molar-refractivity contribution >= 4 is 11.9 Å². The van der Waals surface area contributed by atoms with Crippen LogP contribution in [0.15, 0.2) is 12.1 Å². The predicted octanol–water partition coefficient (Wildman–Crippen LogP) is 3.02. The van der Waals surface area contributed by atoms with Crippen LogP contribution in [0.5, 0.6) is 0 Å². The summed E-state index contributed by atoms with van der Waals surface area (Å²) in [6.45, 7) is 6.47. The van der Waals surface area contributed by atoms with Gasteiger partial charge in [0.2, 0.25) is 0 Å². The van der Waals surface area contributed by atoms with Crippen molar-refractivity contribution in [3.8, 4) is 0 Å². The van der Waals surface area contributed by atoms with E-state index in [-0.39, 0.29) is 22.0 Å². The lowest BCUT2D eigenvalue weighted by molar-refractivity contribution is -0.117. The predicted molar refractivity (Wildman–Crippen MR) is 94.9 cm³/mol. The largest absolute Gasteiger partial charge is 0.478 e. The fourth-order valence-electron chi connectivity index (χ4n) is 3.89. The van der Waals surface area contributed by atoms with E-state index in [0.717, 1.165) is 12.8 Å². The molecule has 1 aromatic rings. The Kier molecular flexibility index (Phi) is 5.08. The topological polar surface area (TPSA) is 93.1 Å². The van der Waals surface area contributed by atoms with E-state index in [2.05, 4.69) is 13.8 Å². The van der Waals surface area contributed by atoms with Crippen LogP contribution in [0, 0.1) is 10.8 Å². The van der Waals surface area contributed by atoms with Crippen LogP contribution in [0.3, 0.4) is 0 Å². The van der Waals surface area contributed by atoms with Gasteiger partial charge in [0.25, 0.3) is 0 Å². The highest BCUT2D eigenvalue weighted by atomic mass is 16.5. The minimum absolute atomic E-state index is 0.106. The Bertz CT molecular complexity index is 643. The van der Waals surface area contributed by atoms with Crippen molar-refractivity contribution in [1.82, 2.24) is 0 Å². The molecule has 0 radical (unpaired) electrons. The highest BCUT2D eigenvalue weighted by Crippen LogP contribution is 2.41. The van der Waals surface area contributed by atoms with Crippen molar-refractivity contribution in [2.45, 2.75) is 39.5 Å². The molecule has 0 aliphatic carbocycles. The molecule has 142 valence electrons. The molecule has 0 amide bonds. The van der Waals surface area contributed by atoms with Crippen molar-refractivity contribution in [2.75, 3.05) is 26.4 Å². The van der Waals surface area contributed by atoms with Crippen LogP contribution in [0.4, 0.5) is 0 Å². The molecule has 2 fully saturated rings. The van der Waals surface area contributed by atoms with Crippen LogP contribution in [-0.2, 0) is 22.3 Å². The van der Waals surface area contributed by atoms with Crippen molar-refractivity contribution in [3.05, 3.63) is 34.4 Å². The summed E-state index contributed by atoms with van der Waals surface area (Å²) in [5, 5.41) is 19.4. The molecule has 2 heterocycles. The Labute approximate surface area is 153 Å². The summed E-state index contributed by atoms with van der Waals surface area (Å²) < 4.78 is 10.8. The Morgan fingerprint density at radius 2 is 1.19 bits per heavy atom. The minimum atomic E-state index is -1.01. The lowest BCUT2D eigenvalue weighted by atomic mass is 9.71. The maximum absolute atomic E-state index is 11.9. The number of rotatable bonds is 8. The van der Waals surface area contributed by atoms with Crippen LogP contribution in [0.2, 0.25) is 0 Å². The van der Waals surface area contributed by atoms with Gasteiger partial charge in [-0.3, -0.25) is 0 Å². The van der Waals surface area contributed by atoms with Crippen LogP contribution in [-0.4, -0.2) is 48.6 Å². The Morgan fingerprint density at radius 1 is 0.846 bits per heavy atom. The first kappa shape index (κ1) is 18.9. The summed E-state index contributed by atoms with van der Waals surface area (Å²) in [6.07, 6.45) is 2.79. The number of carboxylic acids is 2. The molecule has 0 atom stereocenters. The average Bonchev–Trinajstić information content (AvgIpc) is 2.54. The zero-order valence-corrected chi connectivity index (χ0v) is 15.3. The van der Waals surface area contributed by atoms with E-state index in [9.17, 15) is 19.8 Å². The zero-order chi connectivity index (χ0) is 18.9. The quantitative estimate of drug-likeness (QED) is 0.738. The fourth-order valence-corrected chi connectivity index (χ4v) is 3.89. The van der Waals surface area contributed by atoms with Crippen molar-refractivity contribution in [2.24, 2.45) is 10.8 Å². The van der Waals surface area contributed by atoms with Gasteiger partial charge in [-0.2, -0.15) is 0 Å². The second kappa shape index (κ2) is 7.00. The summed E-state index contributed by atoms with van der Waals surface area (Å²) in [6, 6.07) is 2.87. The highest BCUT2D eigenvalue weighted by Gasteiger charge is 2.42. The molecule has 2 N–H and O–H groups in total. The number of aromatic carboxylic acids is 2. The standard InChI is InChI=1S/C20H26O6/c1-3-19(9-25-10-19)7-15-13(17(21)22)5-6-14(18(23)24)16(15)8-20(4-2)11-26-12-20/h5-6H,3-4,7-12H2,1-2H3,(H,21,22)(H,23,24). The molecule has 6 nitrogen and oxygen atoms in total. The molecule has 2 saturated heterocycles. The Morgan fingerprint density at radius 3 is 1.38 bits per heavy atom. The van der Waals surface area contributed by atoms with E-state index in [0.29, 0.717) is 50.4 Å². The molecular formula is C20H26O6. The summed E-state index contributed by atoms with van der Waals surface area (Å²) in [7, 11) is 0. The van der Waals surface area contributed by atoms with Crippen molar-refractivity contribution < 1.29 is 29.3 Å². The lowest BCUT2D eigenvalue weighted by Crippen LogP contribution is -2.46. The van der Waals surface area contributed by atoms with Gasteiger partial charge < -0.3 is 19.7 Å². The van der Waals surface area contributed by atoms with E-state index in [4.69, 9.17) is 9.47 Å². The van der Waals surface area contributed by atoms with Gasteiger partial charge in [0.05, 0.1) is 37.6 Å². The molecule has 0 saturated carbocycles. The van der Waals surface area contributed by atoms with Crippen molar-refractivity contribution in [3.63, 3.8) is 0 Å². The van der Waals surface area contributed by atoms with Gasteiger partial charge in [-0.1, -0.05) is 13.8 Å². The fraction of sp³-hybridized carbons (Fsp3) is 0.600. The molecule has 3 rings (SSSR count). The van der Waals surface area contributed by atoms with E-state index >= 15 is 0 Å². The Hall–Kier alpha value is -1.92. The maximum atomic E-state index is 11.9. The first-order valence-corrected chi connectivity index (χ1v) is 9.12. The number of ether oxygens (including phenoxy) is 2. The molecule has 26 heavy (non-hydrogen) atoms. The lowest BCUT2D eigenvalue weighted by Gasteiger charge is -2.44. The molecule has 0 spiro atoms. The van der Waals surface area contributed by atoms with Crippen LogP contribution in [0.1, 0.15) is 58.5 Å². The number of hydrogen-bond acceptors (Lipinski definition) is 4. The molecule has 0 bridgehead atoms. The van der Waals surface area contributed by atoms with E-state index in [1.165, 1.54) is 12.1 Å². The van der Waals surface area contributed by atoms with E-state index < -0.39 is 11.9 Å². The normalized spacial score (nSPS) is 20.1. The van der Waals surface area contributed by atoms with Gasteiger partial charge in [0, 0.05) is 10.8 Å². The second-order valence-corrected chi connectivity index (χ2v) is 7.77. The molecule has 1 aromatic carbocycles. The SMILES string of the molecule is CCC1(Cc2c(C(=O)O)ccc(C(=O)O)c2CC2(CC)COC2)COC1. The van der Waals surface area contributed by atoms with Gasteiger partial charge in [0.15, 0.2) is 0 Å². The number of carbonyl (C=O) groups is 2.